The first kappa shape index (κ1) is 18.1. The third kappa shape index (κ3) is 4.04. The molecule has 2 aromatic carbocycles. The molecule has 6 nitrogen and oxygen atoms in total. The maximum absolute atomic E-state index is 12.5. The van der Waals surface area contributed by atoms with Gasteiger partial charge in [-0.1, -0.05) is 12.1 Å². The van der Waals surface area contributed by atoms with Crippen LogP contribution in [0.2, 0.25) is 0 Å². The molecule has 0 aromatic heterocycles. The SMILES string of the molecule is O=S(=O)(NCCOc1cccc2c1CCCC2)c1ccc2c(c1)OCCO2. The second-order valence-electron chi connectivity index (χ2n) is 6.65. The monoisotopic (exact) mass is 389 g/mol. The summed E-state index contributed by atoms with van der Waals surface area (Å²) in [5.41, 5.74) is 2.61. The molecule has 0 fully saturated rings. The van der Waals surface area contributed by atoms with Crippen LogP contribution in [0.15, 0.2) is 41.3 Å². The van der Waals surface area contributed by atoms with Gasteiger partial charge in [-0.2, -0.15) is 0 Å². The largest absolute Gasteiger partial charge is 0.492 e. The van der Waals surface area contributed by atoms with Gasteiger partial charge >= 0.3 is 0 Å². The van der Waals surface area contributed by atoms with E-state index in [1.165, 1.54) is 36.1 Å². The smallest absolute Gasteiger partial charge is 0.240 e. The minimum atomic E-state index is -3.63. The maximum atomic E-state index is 12.5. The first-order valence-electron chi connectivity index (χ1n) is 9.26. The zero-order valence-electron chi connectivity index (χ0n) is 15.1. The standard InChI is InChI=1S/C20H23NO5S/c22-27(23,16-8-9-19-20(14-16)26-13-12-25-19)21-10-11-24-18-7-3-5-15-4-1-2-6-17(15)18/h3,5,7-9,14,21H,1-2,4,6,10-13H2. The van der Waals surface area contributed by atoms with Crippen molar-refractivity contribution in [3.05, 3.63) is 47.5 Å². The zero-order chi connectivity index (χ0) is 18.7. The molecule has 27 heavy (non-hydrogen) atoms. The van der Waals surface area contributed by atoms with E-state index in [1.807, 2.05) is 12.1 Å². The van der Waals surface area contributed by atoms with E-state index in [2.05, 4.69) is 10.8 Å². The molecular formula is C20H23NO5S. The summed E-state index contributed by atoms with van der Waals surface area (Å²) in [6, 6.07) is 10.7. The molecule has 2 aromatic rings. The fraction of sp³-hybridized carbons (Fsp3) is 0.400. The van der Waals surface area contributed by atoms with Crippen LogP contribution in [0.1, 0.15) is 24.0 Å². The van der Waals surface area contributed by atoms with Crippen molar-refractivity contribution in [2.24, 2.45) is 0 Å². The lowest BCUT2D eigenvalue weighted by molar-refractivity contribution is 0.171. The maximum Gasteiger partial charge on any atom is 0.240 e. The van der Waals surface area contributed by atoms with E-state index in [-0.39, 0.29) is 18.0 Å². The highest BCUT2D eigenvalue weighted by molar-refractivity contribution is 7.89. The molecule has 1 heterocycles. The van der Waals surface area contributed by atoms with E-state index in [0.717, 1.165) is 18.6 Å². The Morgan fingerprint density at radius 1 is 1.00 bits per heavy atom. The first-order chi connectivity index (χ1) is 13.1. The van der Waals surface area contributed by atoms with Crippen molar-refractivity contribution in [2.45, 2.75) is 30.6 Å². The van der Waals surface area contributed by atoms with E-state index in [1.54, 1.807) is 6.07 Å². The molecule has 0 saturated heterocycles. The molecule has 0 unspecified atom stereocenters. The Morgan fingerprint density at radius 3 is 2.70 bits per heavy atom. The number of benzene rings is 2. The van der Waals surface area contributed by atoms with Crippen LogP contribution in [-0.4, -0.2) is 34.8 Å². The van der Waals surface area contributed by atoms with Gasteiger partial charge in [0.2, 0.25) is 10.0 Å². The lowest BCUT2D eigenvalue weighted by atomic mass is 9.91. The second-order valence-corrected chi connectivity index (χ2v) is 8.42. The molecule has 0 bridgehead atoms. The van der Waals surface area contributed by atoms with Crippen molar-refractivity contribution in [2.75, 3.05) is 26.4 Å². The molecule has 1 aliphatic heterocycles. The number of aryl methyl sites for hydroxylation is 1. The van der Waals surface area contributed by atoms with Crippen LogP contribution >= 0.6 is 0 Å². The highest BCUT2D eigenvalue weighted by Gasteiger charge is 2.19. The molecule has 144 valence electrons. The molecule has 0 spiro atoms. The van der Waals surface area contributed by atoms with E-state index in [0.29, 0.717) is 24.7 Å². The Bertz CT molecular complexity index is 926. The van der Waals surface area contributed by atoms with Crippen molar-refractivity contribution >= 4 is 10.0 Å². The summed E-state index contributed by atoms with van der Waals surface area (Å²) in [6.07, 6.45) is 4.49. The molecule has 0 atom stereocenters. The van der Waals surface area contributed by atoms with Crippen LogP contribution in [0.5, 0.6) is 17.2 Å². The topological polar surface area (TPSA) is 73.9 Å². The summed E-state index contributed by atoms with van der Waals surface area (Å²) in [7, 11) is -3.63. The molecule has 4 rings (SSSR count). The molecule has 1 N–H and O–H groups in total. The third-order valence-corrected chi connectivity index (χ3v) is 6.29. The van der Waals surface area contributed by atoms with Crippen LogP contribution in [0.4, 0.5) is 0 Å². The van der Waals surface area contributed by atoms with Crippen molar-refractivity contribution < 1.29 is 22.6 Å². The van der Waals surface area contributed by atoms with Crippen LogP contribution in [-0.2, 0) is 22.9 Å². The van der Waals surface area contributed by atoms with Gasteiger partial charge in [0.1, 0.15) is 25.6 Å². The number of sulfonamides is 1. The van der Waals surface area contributed by atoms with Gasteiger partial charge in [-0.25, -0.2) is 13.1 Å². The molecular weight excluding hydrogens is 366 g/mol. The van der Waals surface area contributed by atoms with E-state index >= 15 is 0 Å². The molecule has 0 amide bonds. The summed E-state index contributed by atoms with van der Waals surface area (Å²) in [5.74, 6) is 1.89. The molecule has 2 aliphatic rings. The summed E-state index contributed by atoms with van der Waals surface area (Å²) in [4.78, 5) is 0.156. The third-order valence-electron chi connectivity index (χ3n) is 4.83. The molecule has 7 heteroatoms. The lowest BCUT2D eigenvalue weighted by Crippen LogP contribution is -2.28. The number of fused-ring (bicyclic) bond motifs is 2. The van der Waals surface area contributed by atoms with Crippen molar-refractivity contribution in [1.82, 2.24) is 4.72 Å². The van der Waals surface area contributed by atoms with Crippen molar-refractivity contribution in [3.63, 3.8) is 0 Å². The average Bonchev–Trinajstić information content (AvgIpc) is 2.71. The number of hydrogen-bond donors (Lipinski definition) is 1. The Balaban J connectivity index is 1.36. The van der Waals surface area contributed by atoms with Gasteiger partial charge in [0.05, 0.1) is 4.90 Å². The Kier molecular flexibility index (Phi) is 5.22. The zero-order valence-corrected chi connectivity index (χ0v) is 15.9. The van der Waals surface area contributed by atoms with Gasteiger partial charge in [0.15, 0.2) is 11.5 Å². The van der Waals surface area contributed by atoms with Crippen LogP contribution in [0.3, 0.4) is 0 Å². The van der Waals surface area contributed by atoms with Crippen molar-refractivity contribution in [1.29, 1.82) is 0 Å². The van der Waals surface area contributed by atoms with Gasteiger partial charge in [-0.3, -0.25) is 0 Å². The van der Waals surface area contributed by atoms with Crippen LogP contribution in [0, 0.1) is 0 Å². The van der Waals surface area contributed by atoms with Crippen LogP contribution < -0.4 is 18.9 Å². The van der Waals surface area contributed by atoms with Gasteiger partial charge in [-0.15, -0.1) is 0 Å². The Labute approximate surface area is 159 Å². The summed E-state index contributed by atoms with van der Waals surface area (Å²) in [5, 5.41) is 0. The predicted molar refractivity (Wildman–Crippen MR) is 101 cm³/mol. The predicted octanol–water partition coefficient (Wildman–Crippen LogP) is 2.69. The van der Waals surface area contributed by atoms with Gasteiger partial charge in [0.25, 0.3) is 0 Å². The Hall–Kier alpha value is -2.25. The average molecular weight is 389 g/mol. The fourth-order valence-corrected chi connectivity index (χ4v) is 4.52. The lowest BCUT2D eigenvalue weighted by Gasteiger charge is -2.20. The van der Waals surface area contributed by atoms with Crippen molar-refractivity contribution in [3.8, 4) is 17.2 Å². The summed E-state index contributed by atoms with van der Waals surface area (Å²) >= 11 is 0. The normalized spacial score (nSPS) is 15.9. The number of rotatable bonds is 6. The van der Waals surface area contributed by atoms with E-state index < -0.39 is 10.0 Å². The quantitative estimate of drug-likeness (QED) is 0.769. The van der Waals surface area contributed by atoms with Crippen LogP contribution in [0.25, 0.3) is 0 Å². The number of ether oxygens (including phenoxy) is 3. The molecule has 0 saturated carbocycles. The molecule has 0 radical (unpaired) electrons. The van der Waals surface area contributed by atoms with Gasteiger partial charge < -0.3 is 14.2 Å². The van der Waals surface area contributed by atoms with E-state index in [9.17, 15) is 8.42 Å². The Morgan fingerprint density at radius 2 is 1.81 bits per heavy atom. The number of hydrogen-bond acceptors (Lipinski definition) is 5. The minimum absolute atomic E-state index is 0.156. The minimum Gasteiger partial charge on any atom is -0.492 e. The van der Waals surface area contributed by atoms with Gasteiger partial charge in [-0.05, 0) is 55.0 Å². The summed E-state index contributed by atoms with van der Waals surface area (Å²) < 4.78 is 44.3. The second kappa shape index (κ2) is 7.78. The first-order valence-corrected chi connectivity index (χ1v) is 10.7. The van der Waals surface area contributed by atoms with Gasteiger partial charge in [0, 0.05) is 12.6 Å². The highest BCUT2D eigenvalue weighted by Crippen LogP contribution is 2.32. The number of nitrogens with one attached hydrogen (secondary N) is 1. The molecule has 1 aliphatic carbocycles. The fourth-order valence-electron chi connectivity index (χ4n) is 3.49. The highest BCUT2D eigenvalue weighted by atomic mass is 32.2. The summed E-state index contributed by atoms with van der Waals surface area (Å²) in [6.45, 7) is 1.36. The van der Waals surface area contributed by atoms with E-state index in [4.69, 9.17) is 14.2 Å².